The van der Waals surface area contributed by atoms with Crippen molar-refractivity contribution >= 4 is 29.4 Å². The molecule has 0 unspecified atom stereocenters. The Kier molecular flexibility index (Phi) is 7.11. The van der Waals surface area contributed by atoms with Gasteiger partial charge in [-0.25, -0.2) is 4.68 Å². The number of aromatic nitrogens is 2. The molecule has 0 fully saturated rings. The Labute approximate surface area is 191 Å². The Bertz CT molecular complexity index is 1100. The fourth-order valence-electron chi connectivity index (χ4n) is 3.61. The van der Waals surface area contributed by atoms with Gasteiger partial charge in [-0.2, -0.15) is 16.9 Å². The molecule has 2 heterocycles. The SMILES string of the molecule is CCOc1ccccc1C(=O)Nc1c2c(nn1CC(=O)NCCc1ccccc1)CSC2. The van der Waals surface area contributed by atoms with Gasteiger partial charge in [0.1, 0.15) is 18.1 Å². The summed E-state index contributed by atoms with van der Waals surface area (Å²) in [5, 5.41) is 10.5. The number of para-hydroxylation sites is 1. The van der Waals surface area contributed by atoms with Gasteiger partial charge in [-0.3, -0.25) is 9.59 Å². The summed E-state index contributed by atoms with van der Waals surface area (Å²) in [5.41, 5.74) is 3.52. The zero-order valence-corrected chi connectivity index (χ0v) is 18.8. The van der Waals surface area contributed by atoms with Crippen molar-refractivity contribution in [3.63, 3.8) is 0 Å². The number of benzene rings is 2. The summed E-state index contributed by atoms with van der Waals surface area (Å²) in [6.45, 7) is 2.94. The van der Waals surface area contributed by atoms with Crippen LogP contribution in [-0.4, -0.2) is 34.7 Å². The van der Waals surface area contributed by atoms with E-state index in [4.69, 9.17) is 4.74 Å². The second-order valence-corrected chi connectivity index (χ2v) is 8.38. The third kappa shape index (κ3) is 5.13. The molecule has 7 nitrogen and oxygen atoms in total. The van der Waals surface area contributed by atoms with Crippen LogP contribution >= 0.6 is 11.8 Å². The first kappa shape index (κ1) is 22.0. The number of thioether (sulfide) groups is 1. The molecule has 8 heteroatoms. The first-order valence-corrected chi connectivity index (χ1v) is 11.8. The molecule has 2 aromatic carbocycles. The summed E-state index contributed by atoms with van der Waals surface area (Å²) in [6.07, 6.45) is 0.761. The van der Waals surface area contributed by atoms with E-state index < -0.39 is 0 Å². The Balaban J connectivity index is 1.45. The van der Waals surface area contributed by atoms with Gasteiger partial charge in [0.2, 0.25) is 5.91 Å². The molecule has 0 spiro atoms. The van der Waals surface area contributed by atoms with Gasteiger partial charge in [0.05, 0.1) is 17.9 Å². The second-order valence-electron chi connectivity index (χ2n) is 7.39. The molecule has 166 valence electrons. The van der Waals surface area contributed by atoms with Crippen LogP contribution in [0.5, 0.6) is 5.75 Å². The van der Waals surface area contributed by atoms with E-state index in [1.165, 1.54) is 5.56 Å². The standard InChI is InChI=1S/C24H26N4O3S/c1-2-31-21-11-7-6-10-18(21)24(30)26-23-19-15-32-16-20(19)27-28(23)14-22(29)25-13-12-17-8-4-3-5-9-17/h3-11H,2,12-16H2,1H3,(H,25,29)(H,26,30). The number of rotatable bonds is 9. The molecule has 0 saturated carbocycles. The van der Waals surface area contributed by atoms with E-state index in [2.05, 4.69) is 15.7 Å². The van der Waals surface area contributed by atoms with E-state index in [9.17, 15) is 9.59 Å². The summed E-state index contributed by atoms with van der Waals surface area (Å²) in [5.74, 6) is 2.23. The van der Waals surface area contributed by atoms with Crippen molar-refractivity contribution in [1.82, 2.24) is 15.1 Å². The van der Waals surface area contributed by atoms with E-state index in [1.807, 2.05) is 43.3 Å². The highest BCUT2D eigenvalue weighted by Crippen LogP contribution is 2.35. The van der Waals surface area contributed by atoms with Gasteiger partial charge in [-0.15, -0.1) is 0 Å². The lowest BCUT2D eigenvalue weighted by Gasteiger charge is -2.13. The molecular weight excluding hydrogens is 424 g/mol. The number of fused-ring (bicyclic) bond motifs is 1. The minimum atomic E-state index is -0.278. The fraction of sp³-hybridized carbons (Fsp3) is 0.292. The van der Waals surface area contributed by atoms with Crippen LogP contribution in [0.1, 0.15) is 34.1 Å². The van der Waals surface area contributed by atoms with Crippen LogP contribution in [0.4, 0.5) is 5.82 Å². The van der Waals surface area contributed by atoms with Crippen LogP contribution < -0.4 is 15.4 Å². The van der Waals surface area contributed by atoms with E-state index in [1.54, 1.807) is 34.6 Å². The van der Waals surface area contributed by atoms with Crippen LogP contribution in [0.2, 0.25) is 0 Å². The van der Waals surface area contributed by atoms with Gasteiger partial charge in [-0.05, 0) is 31.0 Å². The number of nitrogens with one attached hydrogen (secondary N) is 2. The highest BCUT2D eigenvalue weighted by atomic mass is 32.2. The average molecular weight is 451 g/mol. The number of carbonyl (C=O) groups is 2. The van der Waals surface area contributed by atoms with E-state index in [-0.39, 0.29) is 18.4 Å². The second kappa shape index (κ2) is 10.4. The monoisotopic (exact) mass is 450 g/mol. The molecule has 1 aliphatic rings. The smallest absolute Gasteiger partial charge is 0.260 e. The third-order valence-electron chi connectivity index (χ3n) is 5.15. The summed E-state index contributed by atoms with van der Waals surface area (Å²) in [4.78, 5) is 25.6. The van der Waals surface area contributed by atoms with Crippen molar-refractivity contribution < 1.29 is 14.3 Å². The van der Waals surface area contributed by atoms with Crippen LogP contribution in [0, 0.1) is 0 Å². The highest BCUT2D eigenvalue weighted by molar-refractivity contribution is 7.98. The summed E-state index contributed by atoms with van der Waals surface area (Å²) in [7, 11) is 0. The molecule has 0 aliphatic carbocycles. The molecule has 0 bridgehead atoms. The number of nitrogens with zero attached hydrogens (tertiary/aromatic N) is 2. The Hall–Kier alpha value is -3.26. The fourth-order valence-corrected chi connectivity index (χ4v) is 4.65. The number of hydrogen-bond donors (Lipinski definition) is 2. The van der Waals surface area contributed by atoms with Gasteiger partial charge in [0.25, 0.3) is 5.91 Å². The normalized spacial score (nSPS) is 12.3. The molecule has 0 atom stereocenters. The predicted octanol–water partition coefficient (Wildman–Crippen LogP) is 3.64. The van der Waals surface area contributed by atoms with Crippen molar-refractivity contribution in [1.29, 1.82) is 0 Å². The average Bonchev–Trinajstić information content (AvgIpc) is 3.37. The number of carbonyl (C=O) groups excluding carboxylic acids is 2. The molecule has 1 aliphatic heterocycles. The predicted molar refractivity (Wildman–Crippen MR) is 126 cm³/mol. The lowest BCUT2D eigenvalue weighted by Crippen LogP contribution is -2.30. The van der Waals surface area contributed by atoms with Gasteiger partial charge in [0, 0.05) is 23.6 Å². The van der Waals surface area contributed by atoms with E-state index in [0.29, 0.717) is 30.3 Å². The van der Waals surface area contributed by atoms with Crippen molar-refractivity contribution in [2.45, 2.75) is 31.4 Å². The molecule has 0 radical (unpaired) electrons. The van der Waals surface area contributed by atoms with E-state index >= 15 is 0 Å². The molecule has 2 N–H and O–H groups in total. The van der Waals surface area contributed by atoms with Crippen LogP contribution in [0.25, 0.3) is 0 Å². The van der Waals surface area contributed by atoms with Gasteiger partial charge < -0.3 is 15.4 Å². The Morgan fingerprint density at radius 3 is 2.69 bits per heavy atom. The summed E-state index contributed by atoms with van der Waals surface area (Å²) in [6, 6.07) is 17.2. The highest BCUT2D eigenvalue weighted by Gasteiger charge is 2.26. The zero-order valence-electron chi connectivity index (χ0n) is 18.0. The van der Waals surface area contributed by atoms with Gasteiger partial charge in [0.15, 0.2) is 0 Å². The van der Waals surface area contributed by atoms with Crippen molar-refractivity contribution in [3.05, 3.63) is 77.0 Å². The summed E-state index contributed by atoms with van der Waals surface area (Å²) < 4.78 is 7.19. The molecule has 32 heavy (non-hydrogen) atoms. The lowest BCUT2D eigenvalue weighted by atomic mass is 10.1. The Morgan fingerprint density at radius 1 is 1.09 bits per heavy atom. The summed E-state index contributed by atoms with van der Waals surface area (Å²) >= 11 is 1.74. The number of anilines is 1. The largest absolute Gasteiger partial charge is 0.493 e. The molecule has 2 amide bonds. The zero-order chi connectivity index (χ0) is 22.3. The molecule has 0 saturated heterocycles. The quantitative estimate of drug-likeness (QED) is 0.520. The number of ether oxygens (including phenoxy) is 1. The first-order valence-electron chi connectivity index (χ1n) is 10.7. The van der Waals surface area contributed by atoms with Gasteiger partial charge in [-0.1, -0.05) is 42.5 Å². The Morgan fingerprint density at radius 2 is 1.88 bits per heavy atom. The number of hydrogen-bond acceptors (Lipinski definition) is 5. The maximum Gasteiger partial charge on any atom is 0.260 e. The van der Waals surface area contributed by atoms with Crippen LogP contribution in [0.3, 0.4) is 0 Å². The maximum atomic E-state index is 13.0. The third-order valence-corrected chi connectivity index (χ3v) is 6.12. The molecule has 1 aromatic heterocycles. The van der Waals surface area contributed by atoms with E-state index in [0.717, 1.165) is 29.2 Å². The molecule has 4 rings (SSSR count). The minimum absolute atomic E-state index is 0.0508. The molecular formula is C24H26N4O3S. The lowest BCUT2D eigenvalue weighted by molar-refractivity contribution is -0.121. The van der Waals surface area contributed by atoms with Crippen molar-refractivity contribution in [2.75, 3.05) is 18.5 Å². The molecule has 3 aromatic rings. The van der Waals surface area contributed by atoms with Crippen LogP contribution in [0.15, 0.2) is 54.6 Å². The number of amides is 2. The van der Waals surface area contributed by atoms with Crippen molar-refractivity contribution in [2.24, 2.45) is 0 Å². The maximum absolute atomic E-state index is 13.0. The topological polar surface area (TPSA) is 85.2 Å². The first-order chi connectivity index (χ1) is 15.7. The van der Waals surface area contributed by atoms with Crippen LogP contribution in [-0.2, 0) is 29.3 Å². The minimum Gasteiger partial charge on any atom is -0.493 e. The van der Waals surface area contributed by atoms with Crippen molar-refractivity contribution in [3.8, 4) is 5.75 Å². The van der Waals surface area contributed by atoms with Gasteiger partial charge >= 0.3 is 0 Å².